The molecule has 0 heterocycles. The predicted molar refractivity (Wildman–Crippen MR) is 82.4 cm³/mol. The summed E-state index contributed by atoms with van der Waals surface area (Å²) in [5.41, 5.74) is 2.05. The fraction of sp³-hybridized carbons (Fsp3) is 0.500. The number of anilines is 1. The van der Waals surface area contributed by atoms with Gasteiger partial charge in [-0.25, -0.2) is 0 Å². The van der Waals surface area contributed by atoms with E-state index in [0.29, 0.717) is 31.3 Å². The maximum atomic E-state index is 11.8. The highest BCUT2D eigenvalue weighted by molar-refractivity contribution is 6.30. The van der Waals surface area contributed by atoms with Crippen LogP contribution in [0.25, 0.3) is 0 Å². The second-order valence-corrected chi connectivity index (χ2v) is 4.94. The van der Waals surface area contributed by atoms with Gasteiger partial charge >= 0.3 is 0 Å². The minimum atomic E-state index is -0.0325. The summed E-state index contributed by atoms with van der Waals surface area (Å²) in [6.07, 6.45) is 0. The first-order valence-electron chi connectivity index (χ1n) is 6.48. The number of likely N-dealkylation sites (N-methyl/N-ethyl adjacent to an activating group) is 1. The van der Waals surface area contributed by atoms with Crippen LogP contribution >= 0.6 is 11.6 Å². The quantitative estimate of drug-likeness (QED) is 0.710. The lowest BCUT2D eigenvalue weighted by molar-refractivity contribution is -0.119. The molecule has 0 spiro atoms. The zero-order valence-corrected chi connectivity index (χ0v) is 13.0. The largest absolute Gasteiger partial charge is 0.383 e. The van der Waals surface area contributed by atoms with E-state index in [4.69, 9.17) is 16.3 Å². The number of rotatable bonds is 8. The van der Waals surface area contributed by atoms with Crippen molar-refractivity contribution in [1.29, 1.82) is 0 Å². The molecule has 1 amide bonds. The predicted octanol–water partition coefficient (Wildman–Crippen LogP) is 1.26. The third-order valence-electron chi connectivity index (χ3n) is 2.83. The SMILES string of the molecule is CNCc1cc(Cl)ccc1N(C)CC(=O)NCCOC. The van der Waals surface area contributed by atoms with Crippen LogP contribution in [0, 0.1) is 0 Å². The highest BCUT2D eigenvalue weighted by Crippen LogP contribution is 2.23. The van der Waals surface area contributed by atoms with Crippen LogP contribution in [0.5, 0.6) is 0 Å². The summed E-state index contributed by atoms with van der Waals surface area (Å²) >= 11 is 6.01. The lowest BCUT2D eigenvalue weighted by Gasteiger charge is -2.22. The van der Waals surface area contributed by atoms with E-state index in [-0.39, 0.29) is 5.91 Å². The zero-order valence-electron chi connectivity index (χ0n) is 12.2. The number of methoxy groups -OCH3 is 1. The van der Waals surface area contributed by atoms with Crippen molar-refractivity contribution in [3.63, 3.8) is 0 Å². The Kier molecular flexibility index (Phi) is 7.36. The van der Waals surface area contributed by atoms with Gasteiger partial charge in [-0.15, -0.1) is 0 Å². The van der Waals surface area contributed by atoms with Gasteiger partial charge in [0.15, 0.2) is 0 Å². The molecule has 5 nitrogen and oxygen atoms in total. The summed E-state index contributed by atoms with van der Waals surface area (Å²) in [5, 5.41) is 6.59. The van der Waals surface area contributed by atoms with E-state index < -0.39 is 0 Å². The summed E-state index contributed by atoms with van der Waals surface area (Å²) in [5.74, 6) is -0.0325. The van der Waals surface area contributed by atoms with Crippen molar-refractivity contribution < 1.29 is 9.53 Å². The van der Waals surface area contributed by atoms with Gasteiger partial charge in [-0.1, -0.05) is 11.6 Å². The van der Waals surface area contributed by atoms with Crippen LogP contribution < -0.4 is 15.5 Å². The number of benzene rings is 1. The standard InChI is InChI=1S/C14H22ClN3O2/c1-16-9-11-8-12(15)4-5-13(11)18(2)10-14(19)17-6-7-20-3/h4-5,8,16H,6-7,9-10H2,1-3H3,(H,17,19). The number of nitrogens with zero attached hydrogens (tertiary/aromatic N) is 1. The number of ether oxygens (including phenoxy) is 1. The molecule has 0 bridgehead atoms. The molecule has 1 aromatic carbocycles. The minimum Gasteiger partial charge on any atom is -0.383 e. The van der Waals surface area contributed by atoms with E-state index in [2.05, 4.69) is 10.6 Å². The van der Waals surface area contributed by atoms with Gasteiger partial charge in [-0.2, -0.15) is 0 Å². The van der Waals surface area contributed by atoms with Crippen molar-refractivity contribution in [2.45, 2.75) is 6.54 Å². The number of carbonyl (C=O) groups is 1. The first kappa shape index (κ1) is 16.8. The van der Waals surface area contributed by atoms with Crippen LogP contribution in [0.15, 0.2) is 18.2 Å². The third-order valence-corrected chi connectivity index (χ3v) is 3.06. The monoisotopic (exact) mass is 299 g/mol. The lowest BCUT2D eigenvalue weighted by atomic mass is 10.1. The van der Waals surface area contributed by atoms with E-state index in [1.54, 1.807) is 7.11 Å². The molecular formula is C14H22ClN3O2. The normalized spacial score (nSPS) is 10.4. The van der Waals surface area contributed by atoms with E-state index in [0.717, 1.165) is 11.3 Å². The van der Waals surface area contributed by atoms with Crippen LogP contribution in [0.4, 0.5) is 5.69 Å². The first-order valence-corrected chi connectivity index (χ1v) is 6.86. The summed E-state index contributed by atoms with van der Waals surface area (Å²) < 4.78 is 4.89. The number of nitrogens with one attached hydrogen (secondary N) is 2. The number of hydrogen-bond donors (Lipinski definition) is 2. The number of carbonyl (C=O) groups excluding carboxylic acids is 1. The Labute approximate surface area is 125 Å². The summed E-state index contributed by atoms with van der Waals surface area (Å²) in [7, 11) is 5.37. The van der Waals surface area contributed by atoms with Gasteiger partial charge in [0.2, 0.25) is 5.91 Å². The molecule has 0 aliphatic heterocycles. The van der Waals surface area contributed by atoms with E-state index in [1.165, 1.54) is 0 Å². The van der Waals surface area contributed by atoms with Crippen molar-refractivity contribution in [1.82, 2.24) is 10.6 Å². The van der Waals surface area contributed by atoms with Gasteiger partial charge < -0.3 is 20.3 Å². The molecule has 2 N–H and O–H groups in total. The fourth-order valence-corrected chi connectivity index (χ4v) is 2.10. The molecule has 0 unspecified atom stereocenters. The molecule has 0 aliphatic rings. The van der Waals surface area contributed by atoms with E-state index in [9.17, 15) is 4.79 Å². The van der Waals surface area contributed by atoms with Gasteiger partial charge in [-0.05, 0) is 30.8 Å². The average Bonchev–Trinajstić information content (AvgIpc) is 2.39. The minimum absolute atomic E-state index is 0.0325. The number of halogens is 1. The molecule has 20 heavy (non-hydrogen) atoms. The first-order chi connectivity index (χ1) is 9.58. The molecule has 0 radical (unpaired) electrons. The molecule has 1 aromatic rings. The van der Waals surface area contributed by atoms with Gasteiger partial charge in [0, 0.05) is 38.0 Å². The second-order valence-electron chi connectivity index (χ2n) is 4.50. The smallest absolute Gasteiger partial charge is 0.239 e. The van der Waals surface area contributed by atoms with Gasteiger partial charge in [0.25, 0.3) is 0 Å². The average molecular weight is 300 g/mol. The lowest BCUT2D eigenvalue weighted by Crippen LogP contribution is -2.37. The Bertz CT molecular complexity index is 440. The maximum absolute atomic E-state index is 11.8. The summed E-state index contributed by atoms with van der Waals surface area (Å²) in [6, 6.07) is 5.67. The Morgan fingerprint density at radius 1 is 1.45 bits per heavy atom. The molecule has 0 saturated carbocycles. The van der Waals surface area contributed by atoms with E-state index >= 15 is 0 Å². The molecule has 0 fully saturated rings. The van der Waals surface area contributed by atoms with Crippen LogP contribution in [0.2, 0.25) is 5.02 Å². The second kappa shape index (κ2) is 8.79. The highest BCUT2D eigenvalue weighted by atomic mass is 35.5. The van der Waals surface area contributed by atoms with Crippen LogP contribution in [0.1, 0.15) is 5.56 Å². The molecule has 0 aliphatic carbocycles. The molecule has 0 aromatic heterocycles. The maximum Gasteiger partial charge on any atom is 0.239 e. The molecule has 1 rings (SSSR count). The van der Waals surface area contributed by atoms with Crippen molar-refractivity contribution >= 4 is 23.2 Å². The van der Waals surface area contributed by atoms with Crippen molar-refractivity contribution in [2.75, 3.05) is 45.8 Å². The molecular weight excluding hydrogens is 278 g/mol. The number of hydrogen-bond acceptors (Lipinski definition) is 4. The fourth-order valence-electron chi connectivity index (χ4n) is 1.91. The third kappa shape index (κ3) is 5.36. The van der Waals surface area contributed by atoms with Crippen molar-refractivity contribution in [3.05, 3.63) is 28.8 Å². The van der Waals surface area contributed by atoms with Gasteiger partial charge in [0.1, 0.15) is 0 Å². The van der Waals surface area contributed by atoms with Crippen molar-refractivity contribution in [3.8, 4) is 0 Å². The van der Waals surface area contributed by atoms with Crippen molar-refractivity contribution in [2.24, 2.45) is 0 Å². The van der Waals surface area contributed by atoms with Crippen LogP contribution in [-0.4, -0.2) is 46.8 Å². The molecule has 0 saturated heterocycles. The Hall–Kier alpha value is -1.30. The molecule has 0 atom stereocenters. The van der Waals surface area contributed by atoms with Gasteiger partial charge in [-0.3, -0.25) is 4.79 Å². The Balaban J connectivity index is 2.66. The highest BCUT2D eigenvalue weighted by Gasteiger charge is 2.11. The Morgan fingerprint density at radius 3 is 2.85 bits per heavy atom. The topological polar surface area (TPSA) is 53.6 Å². The zero-order chi connectivity index (χ0) is 15.0. The van der Waals surface area contributed by atoms with E-state index in [1.807, 2.05) is 37.2 Å². The van der Waals surface area contributed by atoms with Gasteiger partial charge in [0.05, 0.1) is 13.2 Å². The molecule has 6 heteroatoms. The van der Waals surface area contributed by atoms with Crippen LogP contribution in [0.3, 0.4) is 0 Å². The summed E-state index contributed by atoms with van der Waals surface area (Å²) in [6.45, 7) is 2.03. The molecule has 112 valence electrons. The summed E-state index contributed by atoms with van der Waals surface area (Å²) in [4.78, 5) is 13.7. The number of amides is 1. The van der Waals surface area contributed by atoms with Crippen LogP contribution in [-0.2, 0) is 16.1 Å². The Morgan fingerprint density at radius 2 is 2.20 bits per heavy atom.